The lowest BCUT2D eigenvalue weighted by Gasteiger charge is -2.20. The normalized spacial score (nSPS) is 11.4. The van der Waals surface area contributed by atoms with Crippen molar-refractivity contribution in [3.63, 3.8) is 0 Å². The quantitative estimate of drug-likeness (QED) is 0.614. The minimum Gasteiger partial charge on any atom is -0.344 e. The van der Waals surface area contributed by atoms with Crippen LogP contribution < -0.4 is 5.32 Å². The molecule has 0 saturated carbocycles. The average molecular weight is 157 g/mol. The van der Waals surface area contributed by atoms with Gasteiger partial charge in [-0.05, 0) is 13.8 Å². The van der Waals surface area contributed by atoms with Crippen LogP contribution in [-0.2, 0) is 9.59 Å². The van der Waals surface area contributed by atoms with E-state index in [1.54, 1.807) is 27.7 Å². The van der Waals surface area contributed by atoms with Crippen LogP contribution in [-0.4, -0.2) is 17.7 Å². The molecule has 0 heterocycles. The van der Waals surface area contributed by atoms with E-state index in [1.807, 2.05) is 0 Å². The van der Waals surface area contributed by atoms with E-state index < -0.39 is 5.54 Å². The number of aldehydes is 1. The molecular formula is C8H15NO2. The Morgan fingerprint density at radius 1 is 1.45 bits per heavy atom. The molecule has 0 unspecified atom stereocenters. The molecule has 0 bridgehead atoms. The van der Waals surface area contributed by atoms with Gasteiger partial charge in [-0.1, -0.05) is 13.8 Å². The van der Waals surface area contributed by atoms with Crippen molar-refractivity contribution in [1.82, 2.24) is 5.32 Å². The van der Waals surface area contributed by atoms with Gasteiger partial charge in [0.05, 0.1) is 5.54 Å². The zero-order valence-electron chi connectivity index (χ0n) is 7.47. The zero-order chi connectivity index (χ0) is 9.07. The van der Waals surface area contributed by atoms with Crippen LogP contribution in [0.1, 0.15) is 27.7 Å². The Morgan fingerprint density at radius 2 is 1.91 bits per heavy atom. The van der Waals surface area contributed by atoms with Crippen LogP contribution in [0, 0.1) is 5.92 Å². The first-order valence-corrected chi connectivity index (χ1v) is 3.67. The topological polar surface area (TPSA) is 46.2 Å². The lowest BCUT2D eigenvalue weighted by molar-refractivity contribution is -0.128. The van der Waals surface area contributed by atoms with Gasteiger partial charge < -0.3 is 10.1 Å². The number of carbonyl (C=O) groups is 2. The van der Waals surface area contributed by atoms with Crippen molar-refractivity contribution >= 4 is 12.2 Å². The van der Waals surface area contributed by atoms with Crippen LogP contribution in [0.5, 0.6) is 0 Å². The van der Waals surface area contributed by atoms with Gasteiger partial charge in [0, 0.05) is 5.92 Å². The van der Waals surface area contributed by atoms with Gasteiger partial charge in [-0.15, -0.1) is 0 Å². The van der Waals surface area contributed by atoms with Gasteiger partial charge in [-0.3, -0.25) is 4.79 Å². The SMILES string of the molecule is CC(C)C(=O)NC(C)(C)C=O. The van der Waals surface area contributed by atoms with Crippen molar-refractivity contribution in [2.75, 3.05) is 0 Å². The van der Waals surface area contributed by atoms with Crippen LogP contribution in [0.25, 0.3) is 0 Å². The highest BCUT2D eigenvalue weighted by atomic mass is 16.2. The molecule has 0 aromatic carbocycles. The standard InChI is InChI=1S/C8H15NO2/c1-6(2)7(11)9-8(3,4)5-10/h5-6H,1-4H3,(H,9,11). The molecule has 0 fully saturated rings. The predicted molar refractivity (Wildman–Crippen MR) is 43.1 cm³/mol. The summed E-state index contributed by atoms with van der Waals surface area (Å²) in [5.41, 5.74) is -0.735. The minimum absolute atomic E-state index is 0.0748. The third-order valence-electron chi connectivity index (χ3n) is 1.26. The first kappa shape index (κ1) is 10.1. The molecule has 0 radical (unpaired) electrons. The third-order valence-corrected chi connectivity index (χ3v) is 1.26. The van der Waals surface area contributed by atoms with Crippen LogP contribution >= 0.6 is 0 Å². The summed E-state index contributed by atoms with van der Waals surface area (Å²) < 4.78 is 0. The molecule has 64 valence electrons. The Bertz CT molecular complexity index is 161. The van der Waals surface area contributed by atoms with E-state index in [0.717, 1.165) is 6.29 Å². The van der Waals surface area contributed by atoms with E-state index in [4.69, 9.17) is 0 Å². The molecule has 0 aliphatic rings. The summed E-state index contributed by atoms with van der Waals surface area (Å²) in [6, 6.07) is 0. The van der Waals surface area contributed by atoms with Crippen LogP contribution in [0.4, 0.5) is 0 Å². The molecule has 1 N–H and O–H groups in total. The summed E-state index contributed by atoms with van der Waals surface area (Å²) in [4.78, 5) is 21.4. The molecule has 0 aliphatic carbocycles. The zero-order valence-corrected chi connectivity index (χ0v) is 7.47. The molecule has 0 saturated heterocycles. The second-order valence-electron chi connectivity index (χ2n) is 3.48. The Labute approximate surface area is 67.2 Å². The van der Waals surface area contributed by atoms with Gasteiger partial charge in [0.1, 0.15) is 6.29 Å². The van der Waals surface area contributed by atoms with E-state index in [2.05, 4.69) is 5.32 Å². The highest BCUT2D eigenvalue weighted by Gasteiger charge is 2.20. The third kappa shape index (κ3) is 3.75. The summed E-state index contributed by atoms with van der Waals surface area (Å²) >= 11 is 0. The Kier molecular flexibility index (Phi) is 3.23. The summed E-state index contributed by atoms with van der Waals surface area (Å²) in [5, 5.41) is 2.60. The fourth-order valence-corrected chi connectivity index (χ4v) is 0.491. The molecule has 1 amide bonds. The minimum atomic E-state index is -0.735. The molecule has 0 aromatic rings. The fourth-order valence-electron chi connectivity index (χ4n) is 0.491. The maximum Gasteiger partial charge on any atom is 0.223 e. The summed E-state index contributed by atoms with van der Waals surface area (Å²) in [6.07, 6.45) is 0.729. The van der Waals surface area contributed by atoms with Gasteiger partial charge in [0.25, 0.3) is 0 Å². The molecule has 3 nitrogen and oxygen atoms in total. The van der Waals surface area contributed by atoms with E-state index in [9.17, 15) is 9.59 Å². The summed E-state index contributed by atoms with van der Waals surface area (Å²) in [7, 11) is 0. The Hall–Kier alpha value is -0.860. The van der Waals surface area contributed by atoms with Crippen LogP contribution in [0.3, 0.4) is 0 Å². The highest BCUT2D eigenvalue weighted by molar-refractivity contribution is 5.82. The number of hydrogen-bond acceptors (Lipinski definition) is 2. The largest absolute Gasteiger partial charge is 0.344 e. The summed E-state index contributed by atoms with van der Waals surface area (Å²) in [6.45, 7) is 6.91. The first-order chi connectivity index (χ1) is 4.89. The molecule has 0 aliphatic heterocycles. The van der Waals surface area contributed by atoms with E-state index in [1.165, 1.54) is 0 Å². The second-order valence-corrected chi connectivity index (χ2v) is 3.48. The van der Waals surface area contributed by atoms with Crippen molar-refractivity contribution in [3.8, 4) is 0 Å². The molecular weight excluding hydrogens is 142 g/mol. The fraction of sp³-hybridized carbons (Fsp3) is 0.750. The summed E-state index contributed by atoms with van der Waals surface area (Å²) in [5.74, 6) is -0.170. The molecule has 0 spiro atoms. The lowest BCUT2D eigenvalue weighted by Crippen LogP contribution is -2.46. The second kappa shape index (κ2) is 3.51. The monoisotopic (exact) mass is 157 g/mol. The number of hydrogen-bond donors (Lipinski definition) is 1. The van der Waals surface area contributed by atoms with Crippen LogP contribution in [0.15, 0.2) is 0 Å². The van der Waals surface area contributed by atoms with Gasteiger partial charge in [0.2, 0.25) is 5.91 Å². The van der Waals surface area contributed by atoms with Crippen molar-refractivity contribution in [2.45, 2.75) is 33.2 Å². The van der Waals surface area contributed by atoms with E-state index in [-0.39, 0.29) is 11.8 Å². The van der Waals surface area contributed by atoms with Crippen molar-refractivity contribution < 1.29 is 9.59 Å². The van der Waals surface area contributed by atoms with Crippen LogP contribution in [0.2, 0.25) is 0 Å². The van der Waals surface area contributed by atoms with Gasteiger partial charge in [-0.2, -0.15) is 0 Å². The Balaban J connectivity index is 4.04. The maximum atomic E-state index is 11.0. The van der Waals surface area contributed by atoms with Gasteiger partial charge in [0.15, 0.2) is 0 Å². The van der Waals surface area contributed by atoms with Crippen molar-refractivity contribution in [3.05, 3.63) is 0 Å². The lowest BCUT2D eigenvalue weighted by atomic mass is 10.1. The number of amides is 1. The molecule has 0 atom stereocenters. The van der Waals surface area contributed by atoms with Crippen molar-refractivity contribution in [2.24, 2.45) is 5.92 Å². The number of rotatable bonds is 3. The maximum absolute atomic E-state index is 11.0. The number of carbonyl (C=O) groups excluding carboxylic acids is 2. The van der Waals surface area contributed by atoms with Gasteiger partial charge >= 0.3 is 0 Å². The smallest absolute Gasteiger partial charge is 0.223 e. The van der Waals surface area contributed by atoms with Crippen molar-refractivity contribution in [1.29, 1.82) is 0 Å². The highest BCUT2D eigenvalue weighted by Crippen LogP contribution is 1.99. The Morgan fingerprint density at radius 3 is 2.18 bits per heavy atom. The van der Waals surface area contributed by atoms with Gasteiger partial charge in [-0.25, -0.2) is 0 Å². The van der Waals surface area contributed by atoms with E-state index in [0.29, 0.717) is 0 Å². The predicted octanol–water partition coefficient (Wildman–Crippen LogP) is 0.736. The average Bonchev–Trinajstić information content (AvgIpc) is 1.87. The first-order valence-electron chi connectivity index (χ1n) is 3.67. The number of nitrogens with one attached hydrogen (secondary N) is 1. The van der Waals surface area contributed by atoms with E-state index >= 15 is 0 Å². The molecule has 0 rings (SSSR count). The molecule has 3 heteroatoms. The molecule has 11 heavy (non-hydrogen) atoms. The molecule has 0 aromatic heterocycles.